The van der Waals surface area contributed by atoms with Crippen molar-refractivity contribution in [2.45, 2.75) is 0 Å². The molecule has 4 aromatic carbocycles. The van der Waals surface area contributed by atoms with E-state index in [1.165, 1.54) is 27.1 Å². The number of benzene rings is 4. The van der Waals surface area contributed by atoms with Crippen molar-refractivity contribution in [3.05, 3.63) is 72.8 Å². The summed E-state index contributed by atoms with van der Waals surface area (Å²) in [5.74, 6) is 0. The number of aromatic amines is 1. The van der Waals surface area contributed by atoms with Crippen molar-refractivity contribution in [3.8, 4) is 0 Å². The van der Waals surface area contributed by atoms with Gasteiger partial charge in [-0.3, -0.25) is 0 Å². The summed E-state index contributed by atoms with van der Waals surface area (Å²) in [4.78, 5) is 3.58. The third-order valence-corrected chi connectivity index (χ3v) is 4.98. The van der Waals surface area contributed by atoms with Crippen LogP contribution in [0.4, 0.5) is 0 Å². The Bertz CT molecular complexity index is 1400. The van der Waals surface area contributed by atoms with E-state index in [9.17, 15) is 0 Å². The van der Waals surface area contributed by atoms with Crippen molar-refractivity contribution in [1.82, 2.24) is 4.98 Å². The third kappa shape index (κ3) is 1.45. The number of H-pyrrole nitrogens is 1. The Hall–Kier alpha value is -3.26. The van der Waals surface area contributed by atoms with E-state index in [2.05, 4.69) is 65.6 Å². The van der Waals surface area contributed by atoms with Gasteiger partial charge in [0.25, 0.3) is 0 Å². The fourth-order valence-corrected chi connectivity index (χ4v) is 3.89. The largest absolute Gasteiger partial charge is 0.456 e. The van der Waals surface area contributed by atoms with Gasteiger partial charge in [-0.25, -0.2) is 0 Å². The number of hydrogen-bond acceptors (Lipinski definition) is 1. The minimum absolute atomic E-state index is 0.939. The van der Waals surface area contributed by atoms with E-state index in [1.54, 1.807) is 0 Å². The Morgan fingerprint density at radius 3 is 2.38 bits per heavy atom. The van der Waals surface area contributed by atoms with E-state index in [0.29, 0.717) is 0 Å². The van der Waals surface area contributed by atoms with Gasteiger partial charge in [-0.2, -0.15) is 0 Å². The molecule has 0 fully saturated rings. The molecule has 6 aromatic rings. The van der Waals surface area contributed by atoms with Gasteiger partial charge in [-0.05, 0) is 35.0 Å². The van der Waals surface area contributed by atoms with E-state index in [4.69, 9.17) is 4.42 Å². The fourth-order valence-electron chi connectivity index (χ4n) is 3.89. The Morgan fingerprint density at radius 2 is 1.42 bits per heavy atom. The van der Waals surface area contributed by atoms with Crippen LogP contribution in [0.5, 0.6) is 0 Å². The van der Waals surface area contributed by atoms with Gasteiger partial charge in [0.15, 0.2) is 0 Å². The lowest BCUT2D eigenvalue weighted by molar-refractivity contribution is 0.669. The van der Waals surface area contributed by atoms with E-state index in [-0.39, 0.29) is 0 Å². The predicted octanol–water partition coefficient (Wildman–Crippen LogP) is 6.37. The number of aromatic nitrogens is 1. The number of hydrogen-bond donors (Lipinski definition) is 1. The van der Waals surface area contributed by atoms with Crippen LogP contribution in [0.1, 0.15) is 0 Å². The summed E-state index contributed by atoms with van der Waals surface area (Å²) in [6.07, 6.45) is 0. The number of fused-ring (bicyclic) bond motifs is 8. The highest BCUT2D eigenvalue weighted by molar-refractivity contribution is 6.23. The third-order valence-electron chi connectivity index (χ3n) is 4.98. The summed E-state index contributed by atoms with van der Waals surface area (Å²) in [5, 5.41) is 7.35. The number of para-hydroxylation sites is 1. The first-order valence-corrected chi connectivity index (χ1v) is 8.13. The molecule has 0 bridgehead atoms. The summed E-state index contributed by atoms with van der Waals surface area (Å²) < 4.78 is 6.08. The molecule has 0 radical (unpaired) electrons. The molecule has 0 unspecified atom stereocenters. The van der Waals surface area contributed by atoms with E-state index in [1.807, 2.05) is 12.1 Å². The molecule has 24 heavy (non-hydrogen) atoms. The summed E-state index contributed by atoms with van der Waals surface area (Å²) in [7, 11) is 0. The zero-order chi connectivity index (χ0) is 15.7. The standard InChI is InChI=1S/C22H13NO/c1-2-6-14-13(5-1)9-10-18-22(14)17-12-21-16(11-19(17)23-18)15-7-3-4-8-20(15)24-21/h1-12,23H. The molecule has 0 spiro atoms. The van der Waals surface area contributed by atoms with Gasteiger partial charge >= 0.3 is 0 Å². The maximum absolute atomic E-state index is 6.08. The summed E-state index contributed by atoms with van der Waals surface area (Å²) in [5.41, 5.74) is 4.20. The average Bonchev–Trinajstić information content (AvgIpc) is 3.17. The molecule has 112 valence electrons. The molecule has 2 nitrogen and oxygen atoms in total. The molecular weight excluding hydrogens is 294 g/mol. The van der Waals surface area contributed by atoms with E-state index >= 15 is 0 Å². The van der Waals surface area contributed by atoms with Crippen molar-refractivity contribution in [2.24, 2.45) is 0 Å². The molecular formula is C22H13NO. The minimum atomic E-state index is 0.939. The maximum atomic E-state index is 6.08. The Kier molecular flexibility index (Phi) is 2.12. The number of rotatable bonds is 0. The molecule has 0 aliphatic rings. The predicted molar refractivity (Wildman–Crippen MR) is 101 cm³/mol. The molecule has 0 saturated heterocycles. The van der Waals surface area contributed by atoms with Gasteiger partial charge in [0, 0.05) is 32.6 Å². The lowest BCUT2D eigenvalue weighted by atomic mass is 10.0. The molecule has 0 amide bonds. The second-order valence-corrected chi connectivity index (χ2v) is 6.33. The van der Waals surface area contributed by atoms with Gasteiger partial charge in [-0.15, -0.1) is 0 Å². The number of furan rings is 1. The van der Waals surface area contributed by atoms with Gasteiger partial charge in [0.1, 0.15) is 11.2 Å². The molecule has 1 N–H and O–H groups in total. The summed E-state index contributed by atoms with van der Waals surface area (Å²) in [6.45, 7) is 0. The zero-order valence-electron chi connectivity index (χ0n) is 12.8. The van der Waals surface area contributed by atoms with Crippen LogP contribution in [0.25, 0.3) is 54.5 Å². The molecule has 2 heteroatoms. The average molecular weight is 307 g/mol. The van der Waals surface area contributed by atoms with Crippen LogP contribution < -0.4 is 0 Å². The van der Waals surface area contributed by atoms with E-state index in [0.717, 1.165) is 27.5 Å². The van der Waals surface area contributed by atoms with Crippen molar-refractivity contribution in [3.63, 3.8) is 0 Å². The van der Waals surface area contributed by atoms with Crippen LogP contribution in [-0.4, -0.2) is 4.98 Å². The highest BCUT2D eigenvalue weighted by atomic mass is 16.3. The van der Waals surface area contributed by atoms with Crippen LogP contribution in [0, 0.1) is 0 Å². The lowest BCUT2D eigenvalue weighted by Gasteiger charge is -1.99. The summed E-state index contributed by atoms with van der Waals surface area (Å²) >= 11 is 0. The molecule has 0 saturated carbocycles. The van der Waals surface area contributed by atoms with Crippen LogP contribution in [0.3, 0.4) is 0 Å². The quantitative estimate of drug-likeness (QED) is 0.347. The van der Waals surface area contributed by atoms with Crippen molar-refractivity contribution < 1.29 is 4.42 Å². The van der Waals surface area contributed by atoms with Gasteiger partial charge in [-0.1, -0.05) is 48.5 Å². The molecule has 2 heterocycles. The van der Waals surface area contributed by atoms with Crippen LogP contribution in [0.2, 0.25) is 0 Å². The Labute approximate surface area is 137 Å². The minimum Gasteiger partial charge on any atom is -0.456 e. The Morgan fingerprint density at radius 1 is 0.583 bits per heavy atom. The van der Waals surface area contributed by atoms with Crippen molar-refractivity contribution >= 4 is 54.5 Å². The molecule has 2 aromatic heterocycles. The topological polar surface area (TPSA) is 28.9 Å². The SMILES string of the molecule is c1ccc2c(c1)ccc1[nH]c3cc4c(cc3c12)oc1ccccc14. The van der Waals surface area contributed by atoms with Crippen molar-refractivity contribution in [1.29, 1.82) is 0 Å². The molecule has 0 aliphatic heterocycles. The van der Waals surface area contributed by atoms with Crippen LogP contribution in [0.15, 0.2) is 77.2 Å². The zero-order valence-corrected chi connectivity index (χ0v) is 12.8. The summed E-state index contributed by atoms with van der Waals surface area (Å²) in [6, 6.07) is 25.5. The smallest absolute Gasteiger partial charge is 0.136 e. The first kappa shape index (κ1) is 12.2. The Balaban J connectivity index is 1.87. The second-order valence-electron chi connectivity index (χ2n) is 6.33. The maximum Gasteiger partial charge on any atom is 0.136 e. The van der Waals surface area contributed by atoms with Crippen LogP contribution >= 0.6 is 0 Å². The monoisotopic (exact) mass is 307 g/mol. The van der Waals surface area contributed by atoms with Gasteiger partial charge in [0.2, 0.25) is 0 Å². The molecule has 6 rings (SSSR count). The highest BCUT2D eigenvalue weighted by Gasteiger charge is 2.12. The first-order chi connectivity index (χ1) is 11.9. The molecule has 0 aliphatic carbocycles. The number of nitrogens with one attached hydrogen (secondary N) is 1. The fraction of sp³-hybridized carbons (Fsp3) is 0. The van der Waals surface area contributed by atoms with E-state index < -0.39 is 0 Å². The van der Waals surface area contributed by atoms with Gasteiger partial charge < -0.3 is 9.40 Å². The van der Waals surface area contributed by atoms with Crippen molar-refractivity contribution in [2.75, 3.05) is 0 Å². The first-order valence-electron chi connectivity index (χ1n) is 8.13. The highest BCUT2D eigenvalue weighted by Crippen LogP contribution is 2.37. The van der Waals surface area contributed by atoms with Gasteiger partial charge in [0.05, 0.1) is 0 Å². The lowest BCUT2D eigenvalue weighted by Crippen LogP contribution is -1.74. The normalized spacial score (nSPS) is 12.2. The second kappa shape index (κ2) is 4.18. The van der Waals surface area contributed by atoms with Crippen LogP contribution in [-0.2, 0) is 0 Å². The molecule has 0 atom stereocenters.